The van der Waals surface area contributed by atoms with Crippen molar-refractivity contribution in [2.45, 2.75) is 6.92 Å². The Bertz CT molecular complexity index is 464. The number of fused-ring (bicyclic) bond motifs is 1. The second-order valence-corrected chi connectivity index (χ2v) is 3.67. The van der Waals surface area contributed by atoms with Crippen LogP contribution in [-0.2, 0) is 4.74 Å². The highest BCUT2D eigenvalue weighted by atomic mass is 32.1. The quantitative estimate of drug-likeness (QED) is 0.710. The largest absolute Gasteiger partial charge is 0.461 e. The maximum atomic E-state index is 11.3. The number of hydrogen-bond acceptors (Lipinski definition) is 4. The van der Waals surface area contributed by atoms with E-state index in [9.17, 15) is 4.79 Å². The van der Waals surface area contributed by atoms with Crippen molar-refractivity contribution in [3.05, 3.63) is 29.3 Å². The minimum Gasteiger partial charge on any atom is -0.461 e. The Morgan fingerprint density at radius 2 is 2.36 bits per heavy atom. The number of pyridine rings is 1. The van der Waals surface area contributed by atoms with E-state index in [1.807, 2.05) is 17.5 Å². The van der Waals surface area contributed by atoms with Crippen LogP contribution in [0.25, 0.3) is 10.2 Å². The summed E-state index contributed by atoms with van der Waals surface area (Å²) in [6, 6.07) is 5.47. The van der Waals surface area contributed by atoms with E-state index in [4.69, 9.17) is 4.74 Å². The van der Waals surface area contributed by atoms with Crippen molar-refractivity contribution in [1.82, 2.24) is 4.98 Å². The minimum absolute atomic E-state index is 0.361. The predicted octanol–water partition coefficient (Wildman–Crippen LogP) is 2.47. The van der Waals surface area contributed by atoms with Crippen LogP contribution in [0.3, 0.4) is 0 Å². The highest BCUT2D eigenvalue weighted by Gasteiger charge is 2.08. The first kappa shape index (κ1) is 9.15. The third-order valence-corrected chi connectivity index (χ3v) is 2.66. The Balaban J connectivity index is 2.38. The molecule has 2 aromatic rings. The molecule has 2 rings (SSSR count). The highest BCUT2D eigenvalue weighted by molar-refractivity contribution is 7.17. The van der Waals surface area contributed by atoms with E-state index < -0.39 is 0 Å². The standard InChI is InChI=1S/C10H9NO2S/c1-2-13-10(12)8-3-4-9-7(11-8)5-6-14-9/h3-6H,2H2,1H3. The molecule has 0 bridgehead atoms. The van der Waals surface area contributed by atoms with E-state index in [2.05, 4.69) is 4.98 Å². The first-order valence-electron chi connectivity index (χ1n) is 4.32. The summed E-state index contributed by atoms with van der Waals surface area (Å²) in [4.78, 5) is 15.5. The van der Waals surface area contributed by atoms with Gasteiger partial charge in [0.2, 0.25) is 0 Å². The van der Waals surface area contributed by atoms with Gasteiger partial charge in [-0.1, -0.05) is 0 Å². The molecule has 2 heterocycles. The van der Waals surface area contributed by atoms with Crippen molar-refractivity contribution in [3.8, 4) is 0 Å². The molecule has 0 atom stereocenters. The molecular formula is C10H9NO2S. The van der Waals surface area contributed by atoms with Gasteiger partial charge in [-0.25, -0.2) is 9.78 Å². The van der Waals surface area contributed by atoms with Gasteiger partial charge < -0.3 is 4.74 Å². The van der Waals surface area contributed by atoms with Crippen LogP contribution < -0.4 is 0 Å². The normalized spacial score (nSPS) is 10.4. The fourth-order valence-corrected chi connectivity index (χ4v) is 1.90. The van der Waals surface area contributed by atoms with Crippen LogP contribution in [0.4, 0.5) is 0 Å². The first-order chi connectivity index (χ1) is 6.81. The fraction of sp³-hybridized carbons (Fsp3) is 0.200. The third kappa shape index (κ3) is 1.61. The van der Waals surface area contributed by atoms with E-state index in [0.29, 0.717) is 12.3 Å². The highest BCUT2D eigenvalue weighted by Crippen LogP contribution is 2.18. The van der Waals surface area contributed by atoms with Gasteiger partial charge in [-0.3, -0.25) is 0 Å². The molecule has 0 saturated carbocycles. The number of nitrogens with zero attached hydrogens (tertiary/aromatic N) is 1. The number of thiophene rings is 1. The number of carbonyl (C=O) groups is 1. The molecule has 4 heteroatoms. The van der Waals surface area contributed by atoms with E-state index in [-0.39, 0.29) is 5.97 Å². The molecule has 0 amide bonds. The van der Waals surface area contributed by atoms with Crippen molar-refractivity contribution in [1.29, 1.82) is 0 Å². The first-order valence-corrected chi connectivity index (χ1v) is 5.20. The van der Waals surface area contributed by atoms with Gasteiger partial charge >= 0.3 is 5.97 Å². The summed E-state index contributed by atoms with van der Waals surface area (Å²) in [6.07, 6.45) is 0. The fourth-order valence-electron chi connectivity index (χ4n) is 1.17. The maximum absolute atomic E-state index is 11.3. The van der Waals surface area contributed by atoms with Crippen molar-refractivity contribution < 1.29 is 9.53 Å². The molecule has 0 radical (unpaired) electrons. The molecule has 0 unspecified atom stereocenters. The summed E-state index contributed by atoms with van der Waals surface area (Å²) in [7, 11) is 0. The summed E-state index contributed by atoms with van der Waals surface area (Å²) in [5, 5.41) is 1.95. The van der Waals surface area contributed by atoms with E-state index in [1.54, 1.807) is 24.3 Å². The Kier molecular flexibility index (Phi) is 2.45. The number of aromatic nitrogens is 1. The molecule has 0 spiro atoms. The predicted molar refractivity (Wildman–Crippen MR) is 55.6 cm³/mol. The summed E-state index contributed by atoms with van der Waals surface area (Å²) in [5.74, 6) is -0.361. The van der Waals surface area contributed by atoms with Gasteiger partial charge in [0.25, 0.3) is 0 Å². The molecule has 0 aliphatic heterocycles. The lowest BCUT2D eigenvalue weighted by molar-refractivity contribution is 0.0520. The Labute approximate surface area is 85.3 Å². The van der Waals surface area contributed by atoms with E-state index in [1.165, 1.54) is 0 Å². The van der Waals surface area contributed by atoms with Crippen LogP contribution in [0.15, 0.2) is 23.6 Å². The molecule has 72 valence electrons. The minimum atomic E-state index is -0.361. The zero-order chi connectivity index (χ0) is 9.97. The number of hydrogen-bond donors (Lipinski definition) is 0. The van der Waals surface area contributed by atoms with Gasteiger partial charge in [0.15, 0.2) is 0 Å². The Morgan fingerprint density at radius 3 is 3.14 bits per heavy atom. The van der Waals surface area contributed by atoms with Crippen LogP contribution in [0.2, 0.25) is 0 Å². The van der Waals surface area contributed by atoms with Crippen molar-refractivity contribution in [2.75, 3.05) is 6.61 Å². The lowest BCUT2D eigenvalue weighted by atomic mass is 10.3. The zero-order valence-corrected chi connectivity index (χ0v) is 8.50. The SMILES string of the molecule is CCOC(=O)c1ccc2sccc2n1. The molecular weight excluding hydrogens is 198 g/mol. The summed E-state index contributed by atoms with van der Waals surface area (Å²) >= 11 is 1.61. The van der Waals surface area contributed by atoms with Gasteiger partial charge in [0.1, 0.15) is 5.69 Å². The molecule has 14 heavy (non-hydrogen) atoms. The van der Waals surface area contributed by atoms with Crippen LogP contribution in [0, 0.1) is 0 Å². The molecule has 0 saturated heterocycles. The molecule has 3 nitrogen and oxygen atoms in total. The van der Waals surface area contributed by atoms with E-state index >= 15 is 0 Å². The average molecular weight is 207 g/mol. The molecule has 2 aromatic heterocycles. The smallest absolute Gasteiger partial charge is 0.356 e. The summed E-state index contributed by atoms with van der Waals surface area (Å²) in [5.41, 5.74) is 1.22. The van der Waals surface area contributed by atoms with Crippen LogP contribution >= 0.6 is 11.3 Å². The van der Waals surface area contributed by atoms with Crippen molar-refractivity contribution in [3.63, 3.8) is 0 Å². The number of rotatable bonds is 2. The molecule has 0 N–H and O–H groups in total. The second-order valence-electron chi connectivity index (χ2n) is 2.72. The lowest BCUT2D eigenvalue weighted by Gasteiger charge is -1.99. The van der Waals surface area contributed by atoms with Gasteiger partial charge in [0, 0.05) is 0 Å². The number of esters is 1. The molecule has 0 aromatic carbocycles. The molecule has 0 aliphatic carbocycles. The van der Waals surface area contributed by atoms with Gasteiger partial charge in [-0.15, -0.1) is 11.3 Å². The Morgan fingerprint density at radius 1 is 1.50 bits per heavy atom. The van der Waals surface area contributed by atoms with Crippen LogP contribution in [0.1, 0.15) is 17.4 Å². The van der Waals surface area contributed by atoms with Gasteiger partial charge in [-0.05, 0) is 30.5 Å². The maximum Gasteiger partial charge on any atom is 0.356 e. The van der Waals surface area contributed by atoms with Crippen molar-refractivity contribution >= 4 is 27.5 Å². The Hall–Kier alpha value is -1.42. The topological polar surface area (TPSA) is 39.2 Å². The van der Waals surface area contributed by atoms with Gasteiger partial charge in [-0.2, -0.15) is 0 Å². The molecule has 0 fully saturated rings. The summed E-state index contributed by atoms with van der Waals surface area (Å²) in [6.45, 7) is 2.16. The van der Waals surface area contributed by atoms with Gasteiger partial charge in [0.05, 0.1) is 16.8 Å². The summed E-state index contributed by atoms with van der Waals surface area (Å²) < 4.78 is 5.94. The van der Waals surface area contributed by atoms with E-state index in [0.717, 1.165) is 10.2 Å². The number of carbonyl (C=O) groups excluding carboxylic acids is 1. The van der Waals surface area contributed by atoms with Crippen LogP contribution in [0.5, 0.6) is 0 Å². The molecule has 0 aliphatic rings. The zero-order valence-electron chi connectivity index (χ0n) is 7.69. The monoisotopic (exact) mass is 207 g/mol. The van der Waals surface area contributed by atoms with Crippen molar-refractivity contribution in [2.24, 2.45) is 0 Å². The van der Waals surface area contributed by atoms with Crippen LogP contribution in [-0.4, -0.2) is 17.6 Å². The average Bonchev–Trinajstić information content (AvgIpc) is 2.64. The number of ether oxygens (including phenoxy) is 1. The third-order valence-electron chi connectivity index (χ3n) is 1.79. The second kappa shape index (κ2) is 3.75. The lowest BCUT2D eigenvalue weighted by Crippen LogP contribution is -2.06.